The summed E-state index contributed by atoms with van der Waals surface area (Å²) in [5.41, 5.74) is 2.97. The average molecular weight is 344 g/mol. The standard InChI is InChI=1S/C9H17IN2S2/c1-8(10)5-3-2-4-6-13-9-12-11-7-14-9/h8,11H,2-7H2,1H3. The molecule has 1 aliphatic rings. The molecule has 14 heavy (non-hydrogen) atoms. The van der Waals surface area contributed by atoms with E-state index >= 15 is 0 Å². The van der Waals surface area contributed by atoms with Crippen LogP contribution in [0.5, 0.6) is 0 Å². The Hall–Kier alpha value is 0.900. The van der Waals surface area contributed by atoms with Crippen LogP contribution in [0.1, 0.15) is 32.6 Å². The van der Waals surface area contributed by atoms with Gasteiger partial charge in [-0.15, -0.1) is 0 Å². The summed E-state index contributed by atoms with van der Waals surface area (Å²) >= 11 is 6.20. The van der Waals surface area contributed by atoms with Gasteiger partial charge < -0.3 is 0 Å². The van der Waals surface area contributed by atoms with Gasteiger partial charge in [0, 0.05) is 9.68 Å². The number of hydrogen-bond donors (Lipinski definition) is 1. The van der Waals surface area contributed by atoms with Crippen molar-refractivity contribution in [2.45, 2.75) is 36.5 Å². The van der Waals surface area contributed by atoms with Crippen molar-refractivity contribution >= 4 is 50.5 Å². The summed E-state index contributed by atoms with van der Waals surface area (Å²) in [5.74, 6) is 2.18. The monoisotopic (exact) mass is 344 g/mol. The molecule has 0 radical (unpaired) electrons. The number of hydrazone groups is 1. The van der Waals surface area contributed by atoms with E-state index in [1.165, 1.54) is 35.8 Å². The van der Waals surface area contributed by atoms with Gasteiger partial charge in [-0.2, -0.15) is 5.10 Å². The fraction of sp³-hybridized carbons (Fsp3) is 0.889. The van der Waals surface area contributed by atoms with Gasteiger partial charge in [-0.3, -0.25) is 5.43 Å². The number of hydrogen-bond acceptors (Lipinski definition) is 4. The van der Waals surface area contributed by atoms with E-state index in [4.69, 9.17) is 0 Å². The lowest BCUT2D eigenvalue weighted by Gasteiger charge is -2.02. The second-order valence-electron chi connectivity index (χ2n) is 3.30. The van der Waals surface area contributed by atoms with E-state index in [9.17, 15) is 0 Å². The van der Waals surface area contributed by atoms with Gasteiger partial charge in [0.05, 0.1) is 5.88 Å². The van der Waals surface area contributed by atoms with Gasteiger partial charge in [-0.05, 0) is 12.8 Å². The van der Waals surface area contributed by atoms with Gasteiger partial charge in [0.25, 0.3) is 0 Å². The molecule has 0 saturated carbocycles. The lowest BCUT2D eigenvalue weighted by Crippen LogP contribution is -1.93. The van der Waals surface area contributed by atoms with E-state index in [0.29, 0.717) is 0 Å². The van der Waals surface area contributed by atoms with E-state index in [2.05, 4.69) is 40.0 Å². The summed E-state index contributed by atoms with van der Waals surface area (Å²) in [6.45, 7) is 2.28. The Labute approximate surface area is 109 Å². The molecule has 0 fully saturated rings. The molecule has 0 aromatic rings. The molecule has 1 rings (SSSR count). The Morgan fingerprint density at radius 3 is 3.07 bits per heavy atom. The third kappa shape index (κ3) is 6.40. The number of rotatable bonds is 6. The van der Waals surface area contributed by atoms with Crippen LogP contribution in [-0.2, 0) is 0 Å². The number of thioether (sulfide) groups is 2. The van der Waals surface area contributed by atoms with Gasteiger partial charge in [0.15, 0.2) is 4.38 Å². The molecule has 1 N–H and O–H groups in total. The van der Waals surface area contributed by atoms with Crippen LogP contribution in [-0.4, -0.2) is 19.9 Å². The quantitative estimate of drug-likeness (QED) is 0.452. The average Bonchev–Trinajstić information content (AvgIpc) is 2.63. The van der Waals surface area contributed by atoms with Crippen LogP contribution in [0, 0.1) is 0 Å². The Morgan fingerprint density at radius 2 is 2.43 bits per heavy atom. The highest BCUT2D eigenvalue weighted by molar-refractivity contribution is 14.1. The Kier molecular flexibility index (Phi) is 7.50. The summed E-state index contributed by atoms with van der Waals surface area (Å²) in [7, 11) is 0. The van der Waals surface area contributed by atoms with Gasteiger partial charge in [-0.25, -0.2) is 0 Å². The molecule has 5 heteroatoms. The van der Waals surface area contributed by atoms with E-state index in [-0.39, 0.29) is 0 Å². The maximum absolute atomic E-state index is 4.17. The van der Waals surface area contributed by atoms with Crippen molar-refractivity contribution in [2.75, 3.05) is 11.6 Å². The maximum atomic E-state index is 4.17. The lowest BCUT2D eigenvalue weighted by molar-refractivity contribution is 0.677. The van der Waals surface area contributed by atoms with Crippen molar-refractivity contribution in [3.05, 3.63) is 0 Å². The van der Waals surface area contributed by atoms with E-state index in [1.807, 2.05) is 23.5 Å². The van der Waals surface area contributed by atoms with Crippen LogP contribution in [0.2, 0.25) is 0 Å². The summed E-state index contributed by atoms with van der Waals surface area (Å²) < 4.78 is 2.05. The molecule has 0 bridgehead atoms. The molecule has 1 heterocycles. The minimum atomic E-state index is 0.833. The molecule has 0 aliphatic carbocycles. The second kappa shape index (κ2) is 8.10. The van der Waals surface area contributed by atoms with E-state index < -0.39 is 0 Å². The maximum Gasteiger partial charge on any atom is 0.151 e. The van der Waals surface area contributed by atoms with Gasteiger partial charge >= 0.3 is 0 Å². The van der Waals surface area contributed by atoms with Crippen molar-refractivity contribution < 1.29 is 0 Å². The van der Waals surface area contributed by atoms with Crippen LogP contribution >= 0.6 is 46.1 Å². The predicted octanol–water partition coefficient (Wildman–Crippen LogP) is 3.67. The molecule has 2 nitrogen and oxygen atoms in total. The zero-order valence-corrected chi connectivity index (χ0v) is 12.3. The third-order valence-corrected chi connectivity index (χ3v) is 4.67. The zero-order valence-electron chi connectivity index (χ0n) is 8.46. The van der Waals surface area contributed by atoms with Crippen molar-refractivity contribution in [3.8, 4) is 0 Å². The molecular weight excluding hydrogens is 327 g/mol. The van der Waals surface area contributed by atoms with Crippen LogP contribution in [0.4, 0.5) is 0 Å². The Bertz CT molecular complexity index is 186. The molecule has 1 aliphatic heterocycles. The van der Waals surface area contributed by atoms with Gasteiger partial charge in [0.1, 0.15) is 0 Å². The first-order valence-corrected chi connectivity index (χ1v) is 8.21. The first kappa shape index (κ1) is 13.0. The van der Waals surface area contributed by atoms with Crippen LogP contribution in [0.15, 0.2) is 5.10 Å². The fourth-order valence-corrected chi connectivity index (χ4v) is 3.40. The summed E-state index contributed by atoms with van der Waals surface area (Å²) in [6, 6.07) is 0. The molecule has 0 aromatic carbocycles. The number of halogens is 1. The zero-order chi connectivity index (χ0) is 10.2. The first-order valence-electron chi connectivity index (χ1n) is 4.99. The largest absolute Gasteiger partial charge is 0.298 e. The summed E-state index contributed by atoms with van der Waals surface area (Å²) in [5, 5.41) is 4.17. The van der Waals surface area contributed by atoms with Crippen molar-refractivity contribution in [3.63, 3.8) is 0 Å². The highest BCUT2D eigenvalue weighted by Crippen LogP contribution is 2.21. The molecular formula is C9H17IN2S2. The molecule has 0 spiro atoms. The highest BCUT2D eigenvalue weighted by atomic mass is 127. The Morgan fingerprint density at radius 1 is 1.57 bits per heavy atom. The predicted molar refractivity (Wildman–Crippen MR) is 77.4 cm³/mol. The molecule has 82 valence electrons. The second-order valence-corrected chi connectivity index (χ2v) is 7.74. The van der Waals surface area contributed by atoms with Crippen molar-refractivity contribution in [1.29, 1.82) is 0 Å². The molecule has 1 unspecified atom stereocenters. The molecule has 0 aromatic heterocycles. The van der Waals surface area contributed by atoms with Crippen molar-refractivity contribution in [2.24, 2.45) is 5.10 Å². The smallest absolute Gasteiger partial charge is 0.151 e. The molecule has 1 atom stereocenters. The molecule has 0 saturated heterocycles. The summed E-state index contributed by atoms with van der Waals surface area (Å²) in [4.78, 5) is 0. The fourth-order valence-electron chi connectivity index (χ4n) is 1.16. The van der Waals surface area contributed by atoms with E-state index in [1.54, 1.807) is 0 Å². The number of nitrogens with one attached hydrogen (secondary N) is 1. The highest BCUT2D eigenvalue weighted by Gasteiger charge is 2.06. The van der Waals surface area contributed by atoms with Gasteiger partial charge in [-0.1, -0.05) is 65.9 Å². The number of alkyl halides is 1. The van der Waals surface area contributed by atoms with Crippen LogP contribution in [0.3, 0.4) is 0 Å². The normalized spacial score (nSPS) is 17.7. The topological polar surface area (TPSA) is 24.4 Å². The van der Waals surface area contributed by atoms with Crippen LogP contribution in [0.25, 0.3) is 0 Å². The number of unbranched alkanes of at least 4 members (excludes halogenated alkanes) is 2. The lowest BCUT2D eigenvalue weighted by atomic mass is 10.2. The third-order valence-electron chi connectivity index (χ3n) is 1.90. The summed E-state index contributed by atoms with van der Waals surface area (Å²) in [6.07, 6.45) is 5.43. The molecule has 0 amide bonds. The number of nitrogens with zero attached hydrogens (tertiary/aromatic N) is 1. The van der Waals surface area contributed by atoms with E-state index in [0.717, 1.165) is 9.80 Å². The minimum Gasteiger partial charge on any atom is -0.298 e. The minimum absolute atomic E-state index is 0.833. The van der Waals surface area contributed by atoms with Gasteiger partial charge in [0.2, 0.25) is 0 Å². The van der Waals surface area contributed by atoms with Crippen LogP contribution < -0.4 is 5.43 Å². The SMILES string of the molecule is CC(I)CCCCCSC1=NNCS1. The first-order chi connectivity index (χ1) is 6.79. The van der Waals surface area contributed by atoms with Crippen molar-refractivity contribution in [1.82, 2.24) is 5.43 Å². The Balaban J connectivity index is 1.84.